The first-order chi connectivity index (χ1) is 10.2. The molecule has 4 nitrogen and oxygen atoms in total. The van der Waals surface area contributed by atoms with Crippen LogP contribution in [0.25, 0.3) is 0 Å². The fourth-order valence-corrected chi connectivity index (χ4v) is 2.58. The van der Waals surface area contributed by atoms with Gasteiger partial charge in [0.15, 0.2) is 0 Å². The molecule has 21 heavy (non-hydrogen) atoms. The number of halogens is 1. The number of amides is 2. The average molecular weight is 320 g/mol. The molecular formula is C15H14ClN3OS. The van der Waals surface area contributed by atoms with E-state index in [1.54, 1.807) is 24.3 Å². The van der Waals surface area contributed by atoms with Gasteiger partial charge in [-0.25, -0.2) is 4.79 Å². The van der Waals surface area contributed by atoms with Gasteiger partial charge in [0.25, 0.3) is 0 Å². The maximum Gasteiger partial charge on any atom is 0.319 e. The number of anilines is 1. The molecule has 6 heteroatoms. The second kappa shape index (κ2) is 7.70. The zero-order valence-electron chi connectivity index (χ0n) is 11.2. The summed E-state index contributed by atoms with van der Waals surface area (Å²) < 4.78 is 0. The Morgan fingerprint density at radius 3 is 2.90 bits per heavy atom. The minimum atomic E-state index is -0.311. The summed E-state index contributed by atoms with van der Waals surface area (Å²) in [6, 6.07) is 8.67. The number of carbonyl (C=O) groups excluding carboxylic acids is 1. The molecule has 2 rings (SSSR count). The monoisotopic (exact) mass is 319 g/mol. The summed E-state index contributed by atoms with van der Waals surface area (Å²) in [5, 5.41) is 7.91. The van der Waals surface area contributed by atoms with Crippen LogP contribution >= 0.6 is 22.9 Å². The lowest BCUT2D eigenvalue weighted by atomic mass is 10.2. The van der Waals surface area contributed by atoms with Crippen molar-refractivity contribution >= 4 is 34.7 Å². The second-order valence-corrected chi connectivity index (χ2v) is 5.46. The average Bonchev–Trinajstić information content (AvgIpc) is 2.93. The van der Waals surface area contributed by atoms with E-state index in [9.17, 15) is 4.79 Å². The Balaban J connectivity index is 1.93. The Kier molecular flexibility index (Phi) is 5.64. The molecule has 1 aromatic carbocycles. The van der Waals surface area contributed by atoms with E-state index in [1.807, 2.05) is 11.4 Å². The lowest BCUT2D eigenvalue weighted by Crippen LogP contribution is -2.28. The number of urea groups is 1. The van der Waals surface area contributed by atoms with Gasteiger partial charge in [0.1, 0.15) is 0 Å². The Morgan fingerprint density at radius 1 is 1.33 bits per heavy atom. The number of thiophene rings is 1. The van der Waals surface area contributed by atoms with Gasteiger partial charge < -0.3 is 16.4 Å². The van der Waals surface area contributed by atoms with Gasteiger partial charge in [-0.05, 0) is 23.6 Å². The third-order valence-corrected chi connectivity index (χ3v) is 3.85. The highest BCUT2D eigenvalue weighted by molar-refractivity contribution is 7.10. The largest absolute Gasteiger partial charge is 0.333 e. The first kappa shape index (κ1) is 15.4. The number of rotatable bonds is 3. The van der Waals surface area contributed by atoms with Gasteiger partial charge in [-0.2, -0.15) is 0 Å². The minimum absolute atomic E-state index is 0.311. The summed E-state index contributed by atoms with van der Waals surface area (Å²) >= 11 is 7.52. The molecule has 2 aromatic rings. The number of nitrogens with two attached hydrogens (primary N) is 1. The van der Waals surface area contributed by atoms with E-state index in [1.165, 1.54) is 11.3 Å². The van der Waals surface area contributed by atoms with Gasteiger partial charge >= 0.3 is 6.03 Å². The maximum atomic E-state index is 11.9. The first-order valence-electron chi connectivity index (χ1n) is 6.25. The van der Waals surface area contributed by atoms with E-state index in [2.05, 4.69) is 22.5 Å². The van der Waals surface area contributed by atoms with Gasteiger partial charge in [0, 0.05) is 10.4 Å². The van der Waals surface area contributed by atoms with Crippen molar-refractivity contribution in [2.24, 2.45) is 5.73 Å². The fraction of sp³-hybridized carbons (Fsp3) is 0.133. The number of nitrogens with one attached hydrogen (secondary N) is 2. The summed E-state index contributed by atoms with van der Waals surface area (Å²) in [6.45, 7) is 0.720. The van der Waals surface area contributed by atoms with Crippen LogP contribution in [0.15, 0.2) is 35.7 Å². The molecule has 0 aliphatic rings. The van der Waals surface area contributed by atoms with Crippen LogP contribution in [0.2, 0.25) is 5.02 Å². The lowest BCUT2D eigenvalue weighted by molar-refractivity contribution is 0.252. The number of hydrogen-bond acceptors (Lipinski definition) is 3. The number of para-hydroxylation sites is 1. The van der Waals surface area contributed by atoms with E-state index < -0.39 is 0 Å². The highest BCUT2D eigenvalue weighted by atomic mass is 35.5. The van der Waals surface area contributed by atoms with Gasteiger partial charge in [0.05, 0.1) is 23.8 Å². The molecule has 0 spiro atoms. The van der Waals surface area contributed by atoms with Crippen LogP contribution in [0.5, 0.6) is 0 Å². The van der Waals surface area contributed by atoms with Crippen LogP contribution in [0.4, 0.5) is 10.5 Å². The molecule has 0 fully saturated rings. The summed E-state index contributed by atoms with van der Waals surface area (Å²) in [6.07, 6.45) is 0. The molecule has 0 saturated heterocycles. The summed E-state index contributed by atoms with van der Waals surface area (Å²) in [5.74, 6) is 5.78. The fourth-order valence-electron chi connectivity index (χ4n) is 1.62. The lowest BCUT2D eigenvalue weighted by Gasteiger charge is -2.08. The standard InChI is InChI=1S/C15H14ClN3OS/c16-12-5-1-2-6-13(12)19-15(20)18-10-14-11(4-3-8-17)7-9-21-14/h1-2,5-7,9H,8,10,17H2,(H2,18,19,20). The molecule has 0 bridgehead atoms. The van der Waals surface area contributed by atoms with Gasteiger partial charge in [0.2, 0.25) is 0 Å². The smallest absolute Gasteiger partial charge is 0.319 e. The Hall–Kier alpha value is -2.00. The van der Waals surface area contributed by atoms with E-state index in [4.69, 9.17) is 17.3 Å². The normalized spacial score (nSPS) is 9.62. The number of hydrogen-bond donors (Lipinski definition) is 3. The van der Waals surface area contributed by atoms with Crippen LogP contribution in [0, 0.1) is 11.8 Å². The second-order valence-electron chi connectivity index (χ2n) is 4.05. The van der Waals surface area contributed by atoms with E-state index in [-0.39, 0.29) is 6.03 Å². The molecule has 0 atom stereocenters. The molecule has 0 saturated carbocycles. The third kappa shape index (κ3) is 4.50. The molecule has 2 amide bonds. The summed E-state index contributed by atoms with van der Waals surface area (Å²) in [7, 11) is 0. The van der Waals surface area contributed by atoms with E-state index in [0.29, 0.717) is 23.8 Å². The molecule has 108 valence electrons. The topological polar surface area (TPSA) is 67.1 Å². The van der Waals surface area contributed by atoms with Crippen molar-refractivity contribution in [3.05, 3.63) is 51.2 Å². The predicted octanol–water partition coefficient (Wildman–Crippen LogP) is 3.03. The maximum absolute atomic E-state index is 11.9. The minimum Gasteiger partial charge on any atom is -0.333 e. The Labute approximate surface area is 132 Å². The Morgan fingerprint density at radius 2 is 2.14 bits per heavy atom. The van der Waals surface area contributed by atoms with Crippen molar-refractivity contribution in [1.29, 1.82) is 0 Å². The number of carbonyl (C=O) groups is 1. The van der Waals surface area contributed by atoms with Gasteiger partial charge in [-0.15, -0.1) is 11.3 Å². The highest BCUT2D eigenvalue weighted by Gasteiger charge is 2.07. The molecule has 1 aromatic heterocycles. The molecular weight excluding hydrogens is 306 g/mol. The zero-order chi connectivity index (χ0) is 15.1. The molecule has 0 radical (unpaired) electrons. The highest BCUT2D eigenvalue weighted by Crippen LogP contribution is 2.20. The van der Waals surface area contributed by atoms with Crippen LogP contribution in [-0.4, -0.2) is 12.6 Å². The molecule has 4 N–H and O–H groups in total. The SMILES string of the molecule is NCC#Cc1ccsc1CNC(=O)Nc1ccccc1Cl. The van der Waals surface area contributed by atoms with Crippen LogP contribution in [0.1, 0.15) is 10.4 Å². The van der Waals surface area contributed by atoms with Gasteiger partial charge in [-0.1, -0.05) is 35.6 Å². The van der Waals surface area contributed by atoms with Crippen molar-refractivity contribution in [1.82, 2.24) is 5.32 Å². The molecule has 0 unspecified atom stereocenters. The Bertz CT molecular complexity index is 687. The molecule has 0 aliphatic heterocycles. The van der Waals surface area contributed by atoms with Crippen molar-refractivity contribution in [2.45, 2.75) is 6.54 Å². The first-order valence-corrected chi connectivity index (χ1v) is 7.51. The predicted molar refractivity (Wildman–Crippen MR) is 87.6 cm³/mol. The van der Waals surface area contributed by atoms with Crippen LogP contribution < -0.4 is 16.4 Å². The number of benzene rings is 1. The molecule has 0 aliphatic carbocycles. The van der Waals surface area contributed by atoms with E-state index in [0.717, 1.165) is 10.4 Å². The van der Waals surface area contributed by atoms with Crippen molar-refractivity contribution < 1.29 is 4.79 Å². The molecule has 1 heterocycles. The summed E-state index contributed by atoms with van der Waals surface area (Å²) in [4.78, 5) is 12.8. The van der Waals surface area contributed by atoms with Crippen molar-refractivity contribution in [3.8, 4) is 11.8 Å². The van der Waals surface area contributed by atoms with E-state index >= 15 is 0 Å². The zero-order valence-corrected chi connectivity index (χ0v) is 12.7. The third-order valence-electron chi connectivity index (χ3n) is 2.60. The quantitative estimate of drug-likeness (QED) is 0.761. The van der Waals surface area contributed by atoms with Crippen LogP contribution in [0.3, 0.4) is 0 Å². The van der Waals surface area contributed by atoms with Crippen molar-refractivity contribution in [2.75, 3.05) is 11.9 Å². The van der Waals surface area contributed by atoms with Gasteiger partial charge in [-0.3, -0.25) is 0 Å². The van der Waals surface area contributed by atoms with Crippen molar-refractivity contribution in [3.63, 3.8) is 0 Å². The summed E-state index contributed by atoms with van der Waals surface area (Å²) in [5.41, 5.74) is 6.82. The van der Waals surface area contributed by atoms with Crippen LogP contribution in [-0.2, 0) is 6.54 Å².